The number of amides is 1. The van der Waals surface area contributed by atoms with E-state index in [1.54, 1.807) is 11.8 Å². The second-order valence-electron chi connectivity index (χ2n) is 3.51. The van der Waals surface area contributed by atoms with Crippen LogP contribution in [0.4, 0.5) is 0 Å². The molecule has 0 aromatic rings. The van der Waals surface area contributed by atoms with Crippen LogP contribution in [0.1, 0.15) is 20.8 Å². The summed E-state index contributed by atoms with van der Waals surface area (Å²) in [6, 6.07) is -0.219. The van der Waals surface area contributed by atoms with E-state index in [-0.39, 0.29) is 30.5 Å². The van der Waals surface area contributed by atoms with Gasteiger partial charge in [-0.3, -0.25) is 4.79 Å². The van der Waals surface area contributed by atoms with Crippen LogP contribution >= 0.6 is 12.4 Å². The summed E-state index contributed by atoms with van der Waals surface area (Å²) in [5.74, 6) is 0.0171. The first-order valence-corrected chi connectivity index (χ1v) is 4.75. The van der Waals surface area contributed by atoms with Crippen LogP contribution in [0.5, 0.6) is 0 Å². The van der Waals surface area contributed by atoms with Crippen LogP contribution < -0.4 is 5.73 Å². The Morgan fingerprint density at radius 3 is 2.64 bits per heavy atom. The summed E-state index contributed by atoms with van der Waals surface area (Å²) in [5.41, 5.74) is 5.50. The summed E-state index contributed by atoms with van der Waals surface area (Å²) in [6.07, 6.45) is 0.202. The van der Waals surface area contributed by atoms with Crippen LogP contribution in [0.25, 0.3) is 0 Å². The van der Waals surface area contributed by atoms with E-state index in [1.807, 2.05) is 13.8 Å². The highest BCUT2D eigenvalue weighted by molar-refractivity contribution is 5.85. The van der Waals surface area contributed by atoms with Gasteiger partial charge in [0.25, 0.3) is 0 Å². The van der Waals surface area contributed by atoms with E-state index in [4.69, 9.17) is 10.5 Å². The number of hydrogen-bond donors (Lipinski definition) is 1. The molecule has 1 rings (SSSR count). The van der Waals surface area contributed by atoms with Crippen molar-refractivity contribution in [2.45, 2.75) is 39.0 Å². The highest BCUT2D eigenvalue weighted by atomic mass is 35.5. The van der Waals surface area contributed by atoms with Gasteiger partial charge in [0.1, 0.15) is 0 Å². The van der Waals surface area contributed by atoms with Crippen LogP contribution in [0.3, 0.4) is 0 Å². The fourth-order valence-electron chi connectivity index (χ4n) is 1.53. The lowest BCUT2D eigenvalue weighted by Crippen LogP contribution is -2.64. The van der Waals surface area contributed by atoms with E-state index in [2.05, 4.69) is 0 Å². The maximum atomic E-state index is 11.4. The van der Waals surface area contributed by atoms with Gasteiger partial charge in [0.2, 0.25) is 5.91 Å². The molecule has 0 aromatic heterocycles. The summed E-state index contributed by atoms with van der Waals surface area (Å²) >= 11 is 0. The van der Waals surface area contributed by atoms with E-state index >= 15 is 0 Å². The molecule has 0 spiro atoms. The molecule has 1 amide bonds. The number of carbonyl (C=O) groups is 1. The molecule has 84 valence electrons. The molecular weight excluding hydrogens is 204 g/mol. The Morgan fingerprint density at radius 1 is 1.71 bits per heavy atom. The average Bonchev–Trinajstić information content (AvgIpc) is 2.09. The molecule has 4 nitrogen and oxygen atoms in total. The normalized spacial score (nSPS) is 27.6. The number of nitrogens with two attached hydrogens (primary N) is 1. The molecule has 0 aromatic carbocycles. The summed E-state index contributed by atoms with van der Waals surface area (Å²) in [5, 5.41) is 0. The van der Waals surface area contributed by atoms with Crippen molar-refractivity contribution in [1.82, 2.24) is 4.90 Å². The third kappa shape index (κ3) is 2.59. The van der Waals surface area contributed by atoms with Crippen LogP contribution in [0.15, 0.2) is 0 Å². The van der Waals surface area contributed by atoms with Crippen LogP contribution in [-0.2, 0) is 9.53 Å². The summed E-state index contributed by atoms with van der Waals surface area (Å²) in [7, 11) is 0. The van der Waals surface area contributed by atoms with Crippen molar-refractivity contribution in [3.05, 3.63) is 0 Å². The summed E-state index contributed by atoms with van der Waals surface area (Å²) < 4.78 is 5.42. The van der Waals surface area contributed by atoms with Gasteiger partial charge in [-0.25, -0.2) is 0 Å². The number of rotatable bonds is 3. The van der Waals surface area contributed by atoms with Gasteiger partial charge >= 0.3 is 0 Å². The number of halogens is 1. The summed E-state index contributed by atoms with van der Waals surface area (Å²) in [4.78, 5) is 13.2. The molecule has 2 N–H and O–H groups in total. The van der Waals surface area contributed by atoms with Crippen molar-refractivity contribution in [2.75, 3.05) is 13.2 Å². The largest absolute Gasteiger partial charge is 0.375 e. The fourth-order valence-corrected chi connectivity index (χ4v) is 1.53. The fraction of sp³-hybridized carbons (Fsp3) is 0.889. The predicted octanol–water partition coefficient (Wildman–Crippen LogP) is 0.391. The van der Waals surface area contributed by atoms with E-state index in [9.17, 15) is 4.79 Å². The molecule has 0 bridgehead atoms. The molecular formula is C9H19ClN2O2. The Kier molecular flexibility index (Phi) is 5.41. The number of carbonyl (C=O) groups excluding carboxylic acids is 1. The van der Waals surface area contributed by atoms with Crippen molar-refractivity contribution in [3.63, 3.8) is 0 Å². The topological polar surface area (TPSA) is 55.6 Å². The molecule has 1 aliphatic heterocycles. The number of nitrogens with zero attached hydrogens (tertiary/aromatic N) is 1. The zero-order valence-corrected chi connectivity index (χ0v) is 9.71. The maximum absolute atomic E-state index is 11.4. The lowest BCUT2D eigenvalue weighted by Gasteiger charge is -2.46. The second-order valence-corrected chi connectivity index (χ2v) is 3.51. The lowest BCUT2D eigenvalue weighted by atomic mass is 10.00. The SMILES string of the molecule is CCO[C@H]1CN(C(=O)[C@@H](C)N)[C@H]1C.Cl. The first-order valence-electron chi connectivity index (χ1n) is 4.75. The van der Waals surface area contributed by atoms with Gasteiger partial charge in [-0.2, -0.15) is 0 Å². The molecule has 1 heterocycles. The third-order valence-corrected chi connectivity index (χ3v) is 2.46. The van der Waals surface area contributed by atoms with Gasteiger partial charge in [-0.1, -0.05) is 0 Å². The molecule has 14 heavy (non-hydrogen) atoms. The molecule has 1 fully saturated rings. The molecule has 0 radical (unpaired) electrons. The van der Waals surface area contributed by atoms with Crippen molar-refractivity contribution in [3.8, 4) is 0 Å². The minimum absolute atomic E-state index is 0. The van der Waals surface area contributed by atoms with E-state index < -0.39 is 6.04 Å². The van der Waals surface area contributed by atoms with Crippen molar-refractivity contribution in [1.29, 1.82) is 0 Å². The molecule has 0 aliphatic carbocycles. The van der Waals surface area contributed by atoms with Gasteiger partial charge in [0, 0.05) is 13.2 Å². The van der Waals surface area contributed by atoms with Crippen LogP contribution in [-0.4, -0.2) is 42.1 Å². The Hall–Kier alpha value is -0.320. The van der Waals surface area contributed by atoms with Gasteiger partial charge in [-0.05, 0) is 20.8 Å². The first kappa shape index (κ1) is 13.7. The zero-order valence-electron chi connectivity index (χ0n) is 8.90. The number of ether oxygens (including phenoxy) is 1. The van der Waals surface area contributed by atoms with Crippen molar-refractivity contribution in [2.24, 2.45) is 5.73 Å². The highest BCUT2D eigenvalue weighted by Crippen LogP contribution is 2.21. The van der Waals surface area contributed by atoms with E-state index in [1.165, 1.54) is 0 Å². The van der Waals surface area contributed by atoms with Gasteiger partial charge < -0.3 is 15.4 Å². The average molecular weight is 223 g/mol. The van der Waals surface area contributed by atoms with Crippen LogP contribution in [0.2, 0.25) is 0 Å². The van der Waals surface area contributed by atoms with E-state index in [0.29, 0.717) is 13.2 Å². The maximum Gasteiger partial charge on any atom is 0.239 e. The van der Waals surface area contributed by atoms with E-state index in [0.717, 1.165) is 0 Å². The Morgan fingerprint density at radius 2 is 2.29 bits per heavy atom. The smallest absolute Gasteiger partial charge is 0.239 e. The zero-order chi connectivity index (χ0) is 10.0. The quantitative estimate of drug-likeness (QED) is 0.752. The molecule has 3 atom stereocenters. The summed E-state index contributed by atoms with van der Waals surface area (Å²) in [6.45, 7) is 7.06. The van der Waals surface area contributed by atoms with Gasteiger partial charge in [0.15, 0.2) is 0 Å². The van der Waals surface area contributed by atoms with Crippen molar-refractivity contribution < 1.29 is 9.53 Å². The first-order chi connectivity index (χ1) is 6.07. The molecule has 0 saturated carbocycles. The number of likely N-dealkylation sites (tertiary alicyclic amines) is 1. The number of hydrogen-bond acceptors (Lipinski definition) is 3. The standard InChI is InChI=1S/C9H18N2O2.ClH/c1-4-13-8-5-11(7(8)3)9(12)6(2)10;/h6-8H,4-5,10H2,1-3H3;1H/t6-,7+,8+;/m1./s1. The highest BCUT2D eigenvalue weighted by Gasteiger charge is 2.39. The minimum Gasteiger partial charge on any atom is -0.375 e. The molecule has 1 saturated heterocycles. The Bertz CT molecular complexity index is 199. The molecule has 5 heteroatoms. The Labute approximate surface area is 91.2 Å². The Balaban J connectivity index is 0.00000169. The monoisotopic (exact) mass is 222 g/mol. The lowest BCUT2D eigenvalue weighted by molar-refractivity contribution is -0.155. The third-order valence-electron chi connectivity index (χ3n) is 2.46. The molecule has 0 unspecified atom stereocenters. The van der Waals surface area contributed by atoms with Gasteiger partial charge in [0.05, 0.1) is 18.2 Å². The second kappa shape index (κ2) is 5.53. The van der Waals surface area contributed by atoms with Crippen molar-refractivity contribution >= 4 is 18.3 Å². The minimum atomic E-state index is -0.398. The molecule has 1 aliphatic rings. The van der Waals surface area contributed by atoms with Gasteiger partial charge in [-0.15, -0.1) is 12.4 Å². The van der Waals surface area contributed by atoms with Crippen LogP contribution in [0, 0.1) is 0 Å². The predicted molar refractivity (Wildman–Crippen MR) is 57.5 cm³/mol.